The zero-order valence-corrected chi connectivity index (χ0v) is 15.3. The number of piperazine rings is 1. The molecule has 1 aromatic heterocycles. The average molecular weight is 382 g/mol. The Morgan fingerprint density at radius 3 is 2.43 bits per heavy atom. The van der Waals surface area contributed by atoms with Gasteiger partial charge in [0.2, 0.25) is 0 Å². The first kappa shape index (κ1) is 18.0. The minimum Gasteiger partial charge on any atom is -0.494 e. The Bertz CT molecular complexity index is 1040. The van der Waals surface area contributed by atoms with Crippen LogP contribution in [-0.4, -0.2) is 43.2 Å². The predicted molar refractivity (Wildman–Crippen MR) is 106 cm³/mol. The van der Waals surface area contributed by atoms with E-state index >= 15 is 0 Å². The first-order valence-electron chi connectivity index (χ1n) is 8.94. The summed E-state index contributed by atoms with van der Waals surface area (Å²) in [7, 11) is 1.53. The van der Waals surface area contributed by atoms with E-state index in [9.17, 15) is 14.5 Å². The van der Waals surface area contributed by atoms with Crippen molar-refractivity contribution >= 4 is 28.0 Å². The van der Waals surface area contributed by atoms with Gasteiger partial charge < -0.3 is 14.5 Å². The minimum atomic E-state index is -0.382. The summed E-state index contributed by atoms with van der Waals surface area (Å²) in [4.78, 5) is 19.6. The lowest BCUT2D eigenvalue weighted by atomic mass is 10.1. The lowest BCUT2D eigenvalue weighted by molar-refractivity contribution is -0.383. The first-order chi connectivity index (χ1) is 13.6. The molecule has 7 nitrogen and oxygen atoms in total. The SMILES string of the molecule is COc1cc(F)ccc1N1CCN(c2ccc([N+](=O)[O-])c3cccnc23)CC1. The summed E-state index contributed by atoms with van der Waals surface area (Å²) >= 11 is 0. The van der Waals surface area contributed by atoms with Gasteiger partial charge in [-0.25, -0.2) is 4.39 Å². The number of benzene rings is 2. The molecule has 1 fully saturated rings. The number of rotatable bonds is 4. The van der Waals surface area contributed by atoms with Crippen molar-refractivity contribution in [1.82, 2.24) is 4.98 Å². The largest absolute Gasteiger partial charge is 0.494 e. The molecule has 0 bridgehead atoms. The molecule has 0 amide bonds. The Balaban J connectivity index is 1.60. The van der Waals surface area contributed by atoms with Crippen molar-refractivity contribution in [2.75, 3.05) is 43.1 Å². The van der Waals surface area contributed by atoms with Gasteiger partial charge in [-0.05, 0) is 30.3 Å². The van der Waals surface area contributed by atoms with Gasteiger partial charge in [0.15, 0.2) is 0 Å². The Morgan fingerprint density at radius 2 is 1.75 bits per heavy atom. The van der Waals surface area contributed by atoms with Gasteiger partial charge in [0, 0.05) is 44.5 Å². The molecule has 8 heteroatoms. The number of nitro groups is 1. The summed E-state index contributed by atoms with van der Waals surface area (Å²) in [5, 5.41) is 11.8. The van der Waals surface area contributed by atoms with E-state index in [0.29, 0.717) is 42.8 Å². The molecule has 0 unspecified atom stereocenters. The lowest BCUT2D eigenvalue weighted by Crippen LogP contribution is -2.46. The molecular weight excluding hydrogens is 363 g/mol. The quantitative estimate of drug-likeness (QED) is 0.507. The van der Waals surface area contributed by atoms with Crippen LogP contribution in [0.5, 0.6) is 5.75 Å². The average Bonchev–Trinajstić information content (AvgIpc) is 2.73. The van der Waals surface area contributed by atoms with Crippen LogP contribution in [0.4, 0.5) is 21.5 Å². The van der Waals surface area contributed by atoms with E-state index in [1.54, 1.807) is 30.5 Å². The summed E-state index contributed by atoms with van der Waals surface area (Å²) in [5.74, 6) is 0.179. The van der Waals surface area contributed by atoms with Gasteiger partial charge in [-0.15, -0.1) is 0 Å². The summed E-state index contributed by atoms with van der Waals surface area (Å²) in [6.07, 6.45) is 1.65. The van der Waals surface area contributed by atoms with Crippen LogP contribution in [0.15, 0.2) is 48.7 Å². The van der Waals surface area contributed by atoms with Crippen molar-refractivity contribution in [3.05, 3.63) is 64.6 Å². The number of nitro benzene ring substituents is 1. The van der Waals surface area contributed by atoms with Gasteiger partial charge in [-0.2, -0.15) is 0 Å². The number of nitrogens with zero attached hydrogens (tertiary/aromatic N) is 4. The second kappa shape index (κ2) is 7.30. The van der Waals surface area contributed by atoms with Gasteiger partial charge in [0.25, 0.3) is 5.69 Å². The minimum absolute atomic E-state index is 0.0570. The van der Waals surface area contributed by atoms with E-state index in [0.717, 1.165) is 11.4 Å². The van der Waals surface area contributed by atoms with Crippen molar-refractivity contribution in [2.45, 2.75) is 0 Å². The molecule has 1 aliphatic rings. The molecule has 0 N–H and O–H groups in total. The molecule has 28 heavy (non-hydrogen) atoms. The van der Waals surface area contributed by atoms with Crippen LogP contribution in [0.1, 0.15) is 0 Å². The number of ether oxygens (including phenoxy) is 1. The Hall–Kier alpha value is -3.42. The van der Waals surface area contributed by atoms with Crippen LogP contribution in [0.3, 0.4) is 0 Å². The number of aromatic nitrogens is 1. The van der Waals surface area contributed by atoms with Gasteiger partial charge in [-0.1, -0.05) is 0 Å². The number of pyridine rings is 1. The molecule has 2 heterocycles. The molecule has 4 rings (SSSR count). The fourth-order valence-electron chi connectivity index (χ4n) is 3.66. The third-order valence-electron chi connectivity index (χ3n) is 5.02. The third-order valence-corrected chi connectivity index (χ3v) is 5.02. The number of halogens is 1. The maximum absolute atomic E-state index is 13.5. The summed E-state index contributed by atoms with van der Waals surface area (Å²) < 4.78 is 18.8. The molecule has 0 radical (unpaired) electrons. The highest BCUT2D eigenvalue weighted by Crippen LogP contribution is 2.34. The van der Waals surface area contributed by atoms with Gasteiger partial charge >= 0.3 is 0 Å². The zero-order chi connectivity index (χ0) is 19.7. The first-order valence-corrected chi connectivity index (χ1v) is 8.94. The summed E-state index contributed by atoms with van der Waals surface area (Å²) in [6, 6.07) is 11.3. The van der Waals surface area contributed by atoms with Crippen LogP contribution < -0.4 is 14.5 Å². The van der Waals surface area contributed by atoms with Gasteiger partial charge in [0.1, 0.15) is 17.1 Å². The van der Waals surface area contributed by atoms with Crippen molar-refractivity contribution in [1.29, 1.82) is 0 Å². The molecule has 144 valence electrons. The maximum Gasteiger partial charge on any atom is 0.278 e. The summed E-state index contributed by atoms with van der Waals surface area (Å²) in [5.41, 5.74) is 2.42. The number of methoxy groups -OCH3 is 1. The Morgan fingerprint density at radius 1 is 1.07 bits per heavy atom. The predicted octanol–water partition coefficient (Wildman–Crippen LogP) is 3.62. The fraction of sp³-hybridized carbons (Fsp3) is 0.250. The van der Waals surface area contributed by atoms with Crippen LogP contribution in [0.25, 0.3) is 10.9 Å². The van der Waals surface area contributed by atoms with E-state index in [2.05, 4.69) is 14.8 Å². The van der Waals surface area contributed by atoms with E-state index in [1.165, 1.54) is 25.3 Å². The molecule has 2 aromatic carbocycles. The monoisotopic (exact) mass is 382 g/mol. The van der Waals surface area contributed by atoms with Gasteiger partial charge in [-0.3, -0.25) is 15.1 Å². The van der Waals surface area contributed by atoms with Crippen molar-refractivity contribution in [2.24, 2.45) is 0 Å². The van der Waals surface area contributed by atoms with Crippen molar-refractivity contribution < 1.29 is 14.1 Å². The molecule has 1 saturated heterocycles. The van der Waals surface area contributed by atoms with E-state index in [-0.39, 0.29) is 16.4 Å². The second-order valence-electron chi connectivity index (χ2n) is 6.55. The highest BCUT2D eigenvalue weighted by molar-refractivity contribution is 5.97. The summed E-state index contributed by atoms with van der Waals surface area (Å²) in [6.45, 7) is 2.86. The highest BCUT2D eigenvalue weighted by atomic mass is 19.1. The smallest absolute Gasteiger partial charge is 0.278 e. The van der Waals surface area contributed by atoms with Crippen LogP contribution in [0, 0.1) is 15.9 Å². The van der Waals surface area contributed by atoms with Crippen LogP contribution in [-0.2, 0) is 0 Å². The number of hydrogen-bond donors (Lipinski definition) is 0. The standard InChI is InChI=1S/C20H19FN4O3/c1-28-19-13-14(21)4-5-17(19)23-9-11-24(12-10-23)18-7-6-16(25(26)27)15-3-2-8-22-20(15)18/h2-8,13H,9-12H2,1H3. The highest BCUT2D eigenvalue weighted by Gasteiger charge is 2.23. The number of fused-ring (bicyclic) bond motifs is 1. The molecule has 0 spiro atoms. The fourth-order valence-corrected chi connectivity index (χ4v) is 3.66. The van der Waals surface area contributed by atoms with Gasteiger partial charge in [0.05, 0.1) is 28.8 Å². The normalized spacial score (nSPS) is 14.4. The van der Waals surface area contributed by atoms with E-state index in [1.807, 2.05) is 0 Å². The molecule has 0 saturated carbocycles. The van der Waals surface area contributed by atoms with Crippen LogP contribution in [0.2, 0.25) is 0 Å². The Labute approximate surface area is 161 Å². The molecular formula is C20H19FN4O3. The van der Waals surface area contributed by atoms with E-state index < -0.39 is 0 Å². The van der Waals surface area contributed by atoms with Crippen LogP contribution >= 0.6 is 0 Å². The number of non-ortho nitro benzene ring substituents is 1. The zero-order valence-electron chi connectivity index (χ0n) is 15.3. The van der Waals surface area contributed by atoms with E-state index in [4.69, 9.17) is 4.74 Å². The molecule has 0 atom stereocenters. The Kier molecular flexibility index (Phi) is 4.68. The topological polar surface area (TPSA) is 71.7 Å². The van der Waals surface area contributed by atoms with Crippen molar-refractivity contribution in [3.63, 3.8) is 0 Å². The van der Waals surface area contributed by atoms with Crippen molar-refractivity contribution in [3.8, 4) is 5.75 Å². The lowest BCUT2D eigenvalue weighted by Gasteiger charge is -2.38. The molecule has 0 aliphatic carbocycles. The number of hydrogen-bond acceptors (Lipinski definition) is 6. The second-order valence-corrected chi connectivity index (χ2v) is 6.55. The molecule has 1 aliphatic heterocycles. The number of anilines is 2. The molecule has 3 aromatic rings. The maximum atomic E-state index is 13.5. The third kappa shape index (κ3) is 3.17.